The molecule has 0 atom stereocenters. The van der Waals surface area contributed by atoms with Gasteiger partial charge in [-0.2, -0.15) is 10.2 Å². The number of aromatic carboxylic acids is 1. The summed E-state index contributed by atoms with van der Waals surface area (Å²) < 4.78 is 0. The first-order chi connectivity index (χ1) is 12.7. The molecule has 0 saturated heterocycles. The summed E-state index contributed by atoms with van der Waals surface area (Å²) >= 11 is 0. The molecule has 3 rings (SSSR count). The lowest BCUT2D eigenvalue weighted by atomic mass is 10.2. The Morgan fingerprint density at radius 2 is 1.23 bits per heavy atom. The van der Waals surface area contributed by atoms with Gasteiger partial charge in [-0.1, -0.05) is 23.4 Å². The van der Waals surface area contributed by atoms with E-state index < -0.39 is 5.97 Å². The molecule has 128 valence electrons. The molecule has 7 nitrogen and oxygen atoms in total. The smallest absolute Gasteiger partial charge is 0.335 e. The molecule has 0 amide bonds. The van der Waals surface area contributed by atoms with Gasteiger partial charge in [-0.3, -0.25) is 5.43 Å². The number of benzene rings is 3. The highest BCUT2D eigenvalue weighted by Crippen LogP contribution is 2.20. The van der Waals surface area contributed by atoms with E-state index in [4.69, 9.17) is 5.11 Å². The number of rotatable bonds is 6. The second-order valence-corrected chi connectivity index (χ2v) is 5.25. The topological polar surface area (TPSA) is 98.8 Å². The molecule has 0 fully saturated rings. The summed E-state index contributed by atoms with van der Waals surface area (Å²) in [6.45, 7) is 0. The normalized spacial score (nSPS) is 11.1. The van der Waals surface area contributed by atoms with Gasteiger partial charge in [0, 0.05) is 0 Å². The Bertz CT molecular complexity index is 920. The Kier molecular flexibility index (Phi) is 5.41. The van der Waals surface area contributed by atoms with Gasteiger partial charge in [0.2, 0.25) is 0 Å². The average Bonchev–Trinajstić information content (AvgIpc) is 2.68. The molecule has 0 saturated carbocycles. The van der Waals surface area contributed by atoms with Crippen molar-refractivity contribution >= 4 is 28.7 Å². The van der Waals surface area contributed by atoms with Crippen molar-refractivity contribution in [2.45, 2.75) is 0 Å². The number of anilines is 1. The summed E-state index contributed by atoms with van der Waals surface area (Å²) in [6.07, 6.45) is 0. The molecular weight excluding hydrogens is 330 g/mol. The van der Waals surface area contributed by atoms with E-state index in [-0.39, 0.29) is 5.56 Å². The van der Waals surface area contributed by atoms with E-state index in [1.807, 2.05) is 54.6 Å². The summed E-state index contributed by atoms with van der Waals surface area (Å²) in [7, 11) is 0. The van der Waals surface area contributed by atoms with E-state index in [0.717, 1.165) is 17.1 Å². The summed E-state index contributed by atoms with van der Waals surface area (Å²) in [5.41, 5.74) is 5.82. The molecule has 2 N–H and O–H groups in total. The Morgan fingerprint density at radius 1 is 0.692 bits per heavy atom. The quantitative estimate of drug-likeness (QED) is 0.429. The van der Waals surface area contributed by atoms with Gasteiger partial charge in [-0.25, -0.2) is 4.79 Å². The van der Waals surface area contributed by atoms with E-state index in [2.05, 4.69) is 26.0 Å². The van der Waals surface area contributed by atoms with Crippen molar-refractivity contribution in [3.8, 4) is 0 Å². The third-order valence-electron chi connectivity index (χ3n) is 3.36. The fourth-order valence-electron chi connectivity index (χ4n) is 2.02. The number of carbonyl (C=O) groups is 1. The minimum Gasteiger partial charge on any atom is -0.478 e. The average molecular weight is 345 g/mol. The first-order valence-corrected chi connectivity index (χ1v) is 7.78. The van der Waals surface area contributed by atoms with Crippen LogP contribution in [0.15, 0.2) is 99.4 Å². The summed E-state index contributed by atoms with van der Waals surface area (Å²) in [4.78, 5) is 10.8. The van der Waals surface area contributed by atoms with Gasteiger partial charge in [0.15, 0.2) is 0 Å². The Hall–Kier alpha value is -3.87. The Labute approximate surface area is 149 Å². The molecule has 0 unspecified atom stereocenters. The van der Waals surface area contributed by atoms with Crippen molar-refractivity contribution in [2.75, 3.05) is 5.43 Å². The van der Waals surface area contributed by atoms with Crippen LogP contribution in [0.2, 0.25) is 0 Å². The monoisotopic (exact) mass is 345 g/mol. The molecule has 0 aliphatic carbocycles. The van der Waals surface area contributed by atoms with Crippen molar-refractivity contribution in [1.29, 1.82) is 0 Å². The van der Waals surface area contributed by atoms with Crippen LogP contribution in [-0.2, 0) is 0 Å². The van der Waals surface area contributed by atoms with Crippen molar-refractivity contribution in [3.05, 3.63) is 84.4 Å². The van der Waals surface area contributed by atoms with Crippen LogP contribution < -0.4 is 5.43 Å². The molecule has 0 bridgehead atoms. The minimum absolute atomic E-state index is 0.206. The molecule has 0 aliphatic heterocycles. The zero-order chi connectivity index (χ0) is 18.2. The van der Waals surface area contributed by atoms with E-state index in [0.29, 0.717) is 5.69 Å². The lowest BCUT2D eigenvalue weighted by Crippen LogP contribution is -1.94. The predicted molar refractivity (Wildman–Crippen MR) is 98.6 cm³/mol. The second-order valence-electron chi connectivity index (χ2n) is 5.25. The number of nitrogens with zero attached hydrogens (tertiary/aromatic N) is 4. The third-order valence-corrected chi connectivity index (χ3v) is 3.36. The van der Waals surface area contributed by atoms with Crippen LogP contribution in [0.4, 0.5) is 22.7 Å². The molecule has 0 aromatic heterocycles. The van der Waals surface area contributed by atoms with Crippen LogP contribution in [-0.4, -0.2) is 11.1 Å². The van der Waals surface area contributed by atoms with Gasteiger partial charge in [-0.05, 0) is 60.7 Å². The summed E-state index contributed by atoms with van der Waals surface area (Å²) in [5.74, 6) is -0.976. The van der Waals surface area contributed by atoms with Crippen molar-refractivity contribution < 1.29 is 9.90 Å². The van der Waals surface area contributed by atoms with Gasteiger partial charge >= 0.3 is 5.97 Å². The van der Waals surface area contributed by atoms with Crippen molar-refractivity contribution in [1.82, 2.24) is 0 Å². The molecule has 3 aromatic carbocycles. The zero-order valence-corrected chi connectivity index (χ0v) is 13.6. The standard InChI is InChI=1S/C19H15N5O2/c25-19(26)14-6-8-17(9-7-14)22-24-23-18-12-10-16(11-13-18)21-20-15-4-2-1-3-5-15/h1-13H,(H,22,23)(H,25,26). The van der Waals surface area contributed by atoms with Gasteiger partial charge in [0.05, 0.1) is 28.3 Å². The maximum Gasteiger partial charge on any atom is 0.335 e. The largest absolute Gasteiger partial charge is 0.478 e. The Balaban J connectivity index is 1.57. The maximum atomic E-state index is 10.8. The fourth-order valence-corrected chi connectivity index (χ4v) is 2.02. The third kappa shape index (κ3) is 4.81. The van der Waals surface area contributed by atoms with E-state index in [1.165, 1.54) is 12.1 Å². The fraction of sp³-hybridized carbons (Fsp3) is 0. The minimum atomic E-state index is -0.976. The molecule has 0 radical (unpaired) electrons. The van der Waals surface area contributed by atoms with Crippen molar-refractivity contribution in [3.63, 3.8) is 0 Å². The van der Waals surface area contributed by atoms with E-state index in [1.54, 1.807) is 12.1 Å². The SMILES string of the molecule is O=C(O)c1ccc(N=NNc2ccc(N=Nc3ccccc3)cc2)cc1. The number of hydrogen-bond acceptors (Lipinski definition) is 5. The first kappa shape index (κ1) is 17.0. The molecule has 0 heterocycles. The molecule has 7 heteroatoms. The lowest BCUT2D eigenvalue weighted by Gasteiger charge is -1.99. The van der Waals surface area contributed by atoms with Crippen LogP contribution in [0.1, 0.15) is 10.4 Å². The lowest BCUT2D eigenvalue weighted by molar-refractivity contribution is 0.0697. The number of azo groups is 1. The number of hydrogen-bond donors (Lipinski definition) is 2. The predicted octanol–water partition coefficient (Wildman–Crippen LogP) is 5.91. The van der Waals surface area contributed by atoms with E-state index >= 15 is 0 Å². The van der Waals surface area contributed by atoms with Crippen LogP contribution in [0.5, 0.6) is 0 Å². The second kappa shape index (κ2) is 8.29. The highest BCUT2D eigenvalue weighted by molar-refractivity contribution is 5.87. The number of carboxylic acid groups (broad SMARTS) is 1. The van der Waals surface area contributed by atoms with Crippen LogP contribution >= 0.6 is 0 Å². The number of nitrogens with one attached hydrogen (secondary N) is 1. The molecule has 0 aliphatic rings. The van der Waals surface area contributed by atoms with Gasteiger partial charge in [-0.15, -0.1) is 5.11 Å². The van der Waals surface area contributed by atoms with Gasteiger partial charge in [0.25, 0.3) is 0 Å². The number of carboxylic acids is 1. The Morgan fingerprint density at radius 3 is 1.85 bits per heavy atom. The van der Waals surface area contributed by atoms with Crippen LogP contribution in [0, 0.1) is 0 Å². The molecule has 26 heavy (non-hydrogen) atoms. The van der Waals surface area contributed by atoms with Crippen LogP contribution in [0.25, 0.3) is 0 Å². The van der Waals surface area contributed by atoms with Crippen LogP contribution in [0.3, 0.4) is 0 Å². The van der Waals surface area contributed by atoms with Crippen molar-refractivity contribution in [2.24, 2.45) is 20.6 Å². The summed E-state index contributed by atoms with van der Waals surface area (Å²) in [5, 5.41) is 25.0. The molecular formula is C19H15N5O2. The highest BCUT2D eigenvalue weighted by atomic mass is 16.4. The summed E-state index contributed by atoms with van der Waals surface area (Å²) in [6, 6.07) is 22.9. The van der Waals surface area contributed by atoms with Gasteiger partial charge < -0.3 is 5.11 Å². The first-order valence-electron chi connectivity index (χ1n) is 7.78. The van der Waals surface area contributed by atoms with E-state index in [9.17, 15) is 4.79 Å². The zero-order valence-electron chi connectivity index (χ0n) is 13.6. The highest BCUT2D eigenvalue weighted by Gasteiger charge is 2.00. The van der Waals surface area contributed by atoms with Gasteiger partial charge in [0.1, 0.15) is 0 Å². The molecule has 0 spiro atoms. The molecule has 3 aromatic rings. The maximum absolute atomic E-state index is 10.8.